The summed E-state index contributed by atoms with van der Waals surface area (Å²) < 4.78 is 10.6. The minimum absolute atomic E-state index is 0.672. The Labute approximate surface area is 93.9 Å². The van der Waals surface area contributed by atoms with E-state index in [1.807, 2.05) is 30.3 Å². The molecule has 0 aliphatic rings. The van der Waals surface area contributed by atoms with Crippen LogP contribution < -0.4 is 9.47 Å². The van der Waals surface area contributed by atoms with Crippen molar-refractivity contribution < 1.29 is 9.47 Å². The van der Waals surface area contributed by atoms with Crippen molar-refractivity contribution in [2.45, 2.75) is 0 Å². The fraction of sp³-hybridized carbons (Fsp3) is 0.167. The van der Waals surface area contributed by atoms with E-state index in [-0.39, 0.29) is 0 Å². The number of ether oxygens (including phenoxy) is 2. The maximum atomic E-state index is 5.33. The first-order valence-electron chi connectivity index (χ1n) is 4.86. The third-order valence-corrected chi connectivity index (χ3v) is 2.25. The molecule has 1 aromatic heterocycles. The van der Waals surface area contributed by atoms with Gasteiger partial charge in [0.05, 0.1) is 19.9 Å². The summed E-state index contributed by atoms with van der Waals surface area (Å²) in [4.78, 5) is 0. The average Bonchev–Trinajstić information content (AvgIpc) is 2.38. The number of methoxy groups -OCH3 is 2. The molecule has 0 saturated carbocycles. The van der Waals surface area contributed by atoms with Crippen LogP contribution in [0.25, 0.3) is 11.3 Å². The number of benzene rings is 1. The second-order valence-electron chi connectivity index (χ2n) is 3.15. The van der Waals surface area contributed by atoms with Gasteiger partial charge in [0.25, 0.3) is 0 Å². The van der Waals surface area contributed by atoms with Crippen LogP contribution >= 0.6 is 0 Å². The SMILES string of the molecule is COc1cccc(-c2cccnn2)c1OC. The quantitative estimate of drug-likeness (QED) is 0.788. The summed E-state index contributed by atoms with van der Waals surface area (Å²) in [6, 6.07) is 9.38. The molecule has 0 unspecified atom stereocenters. The number of aromatic nitrogens is 2. The van der Waals surface area contributed by atoms with Gasteiger partial charge in [0.1, 0.15) is 0 Å². The molecule has 0 N–H and O–H groups in total. The molecular formula is C12H12N2O2. The molecule has 2 rings (SSSR count). The average molecular weight is 216 g/mol. The van der Waals surface area contributed by atoms with Gasteiger partial charge in [0, 0.05) is 11.8 Å². The molecule has 82 valence electrons. The van der Waals surface area contributed by atoms with E-state index in [9.17, 15) is 0 Å². The number of hydrogen-bond acceptors (Lipinski definition) is 4. The summed E-state index contributed by atoms with van der Waals surface area (Å²) in [7, 11) is 3.22. The molecule has 4 heteroatoms. The van der Waals surface area contributed by atoms with Gasteiger partial charge in [-0.25, -0.2) is 0 Å². The Balaban J connectivity index is 2.57. The summed E-state index contributed by atoms with van der Waals surface area (Å²) in [5, 5.41) is 7.89. The smallest absolute Gasteiger partial charge is 0.170 e. The molecule has 1 heterocycles. The lowest BCUT2D eigenvalue weighted by atomic mass is 10.1. The first kappa shape index (κ1) is 10.4. The second-order valence-corrected chi connectivity index (χ2v) is 3.15. The maximum absolute atomic E-state index is 5.33. The van der Waals surface area contributed by atoms with Gasteiger partial charge in [0.2, 0.25) is 0 Å². The predicted molar refractivity (Wildman–Crippen MR) is 60.6 cm³/mol. The molecule has 0 fully saturated rings. The molecule has 0 aliphatic heterocycles. The zero-order valence-corrected chi connectivity index (χ0v) is 9.18. The van der Waals surface area contributed by atoms with Gasteiger partial charge in [0.15, 0.2) is 11.5 Å². The van der Waals surface area contributed by atoms with E-state index < -0.39 is 0 Å². The molecule has 0 bridgehead atoms. The monoisotopic (exact) mass is 216 g/mol. The van der Waals surface area contributed by atoms with Crippen molar-refractivity contribution >= 4 is 0 Å². The largest absolute Gasteiger partial charge is 0.493 e. The maximum Gasteiger partial charge on any atom is 0.170 e. The molecule has 16 heavy (non-hydrogen) atoms. The fourth-order valence-corrected chi connectivity index (χ4v) is 1.53. The molecule has 0 saturated heterocycles. The molecule has 0 aliphatic carbocycles. The lowest BCUT2D eigenvalue weighted by Gasteiger charge is -2.11. The van der Waals surface area contributed by atoms with Gasteiger partial charge in [-0.05, 0) is 24.3 Å². The van der Waals surface area contributed by atoms with Gasteiger partial charge >= 0.3 is 0 Å². The van der Waals surface area contributed by atoms with E-state index in [2.05, 4.69) is 10.2 Å². The van der Waals surface area contributed by atoms with Crippen LogP contribution in [-0.4, -0.2) is 24.4 Å². The van der Waals surface area contributed by atoms with Crippen molar-refractivity contribution in [1.82, 2.24) is 10.2 Å². The Morgan fingerprint density at radius 2 is 1.88 bits per heavy atom. The third-order valence-electron chi connectivity index (χ3n) is 2.25. The van der Waals surface area contributed by atoms with Gasteiger partial charge < -0.3 is 9.47 Å². The lowest BCUT2D eigenvalue weighted by Crippen LogP contribution is -1.94. The molecule has 4 nitrogen and oxygen atoms in total. The van der Waals surface area contributed by atoms with Crippen LogP contribution in [0.5, 0.6) is 11.5 Å². The Hall–Kier alpha value is -2.10. The molecule has 0 atom stereocenters. The predicted octanol–water partition coefficient (Wildman–Crippen LogP) is 2.16. The van der Waals surface area contributed by atoms with Crippen LogP contribution in [0.15, 0.2) is 36.5 Å². The summed E-state index contributed by atoms with van der Waals surface area (Å²) >= 11 is 0. The van der Waals surface area contributed by atoms with Crippen molar-refractivity contribution in [3.63, 3.8) is 0 Å². The van der Waals surface area contributed by atoms with E-state index in [1.54, 1.807) is 20.4 Å². The van der Waals surface area contributed by atoms with Crippen molar-refractivity contribution in [2.24, 2.45) is 0 Å². The summed E-state index contributed by atoms with van der Waals surface area (Å²) in [5.41, 5.74) is 1.63. The number of hydrogen-bond donors (Lipinski definition) is 0. The van der Waals surface area contributed by atoms with Crippen LogP contribution in [0, 0.1) is 0 Å². The van der Waals surface area contributed by atoms with Gasteiger partial charge in [-0.2, -0.15) is 10.2 Å². The highest BCUT2D eigenvalue weighted by atomic mass is 16.5. The normalized spacial score (nSPS) is 9.88. The lowest BCUT2D eigenvalue weighted by molar-refractivity contribution is 0.356. The zero-order valence-electron chi connectivity index (χ0n) is 9.18. The van der Waals surface area contributed by atoms with Crippen LogP contribution in [0.2, 0.25) is 0 Å². The summed E-state index contributed by atoms with van der Waals surface area (Å²) in [6.07, 6.45) is 1.64. The first-order valence-corrected chi connectivity index (χ1v) is 4.86. The highest BCUT2D eigenvalue weighted by Crippen LogP contribution is 2.36. The minimum atomic E-state index is 0.672. The Kier molecular flexibility index (Phi) is 3.00. The van der Waals surface area contributed by atoms with Gasteiger partial charge in [-0.15, -0.1) is 0 Å². The molecule has 0 spiro atoms. The fourth-order valence-electron chi connectivity index (χ4n) is 1.53. The zero-order chi connectivity index (χ0) is 11.4. The summed E-state index contributed by atoms with van der Waals surface area (Å²) in [5.74, 6) is 1.36. The Morgan fingerprint density at radius 1 is 1.00 bits per heavy atom. The van der Waals surface area contributed by atoms with Crippen molar-refractivity contribution in [3.05, 3.63) is 36.5 Å². The standard InChI is InChI=1S/C12H12N2O2/c1-15-11-7-3-5-9(12(11)16-2)10-6-4-8-13-14-10/h3-8H,1-2H3. The number of para-hydroxylation sites is 1. The van der Waals surface area contributed by atoms with Crippen molar-refractivity contribution in [2.75, 3.05) is 14.2 Å². The van der Waals surface area contributed by atoms with E-state index >= 15 is 0 Å². The number of rotatable bonds is 3. The van der Waals surface area contributed by atoms with Crippen LogP contribution in [0.4, 0.5) is 0 Å². The summed E-state index contributed by atoms with van der Waals surface area (Å²) in [6.45, 7) is 0. The van der Waals surface area contributed by atoms with Gasteiger partial charge in [-0.3, -0.25) is 0 Å². The van der Waals surface area contributed by atoms with E-state index in [0.29, 0.717) is 11.5 Å². The van der Waals surface area contributed by atoms with Gasteiger partial charge in [-0.1, -0.05) is 6.07 Å². The van der Waals surface area contributed by atoms with Crippen molar-refractivity contribution in [1.29, 1.82) is 0 Å². The van der Waals surface area contributed by atoms with E-state index in [0.717, 1.165) is 11.3 Å². The molecular weight excluding hydrogens is 204 g/mol. The number of nitrogens with zero attached hydrogens (tertiary/aromatic N) is 2. The Bertz CT molecular complexity index is 472. The van der Waals surface area contributed by atoms with E-state index in [1.165, 1.54) is 0 Å². The Morgan fingerprint density at radius 3 is 2.50 bits per heavy atom. The van der Waals surface area contributed by atoms with Crippen LogP contribution in [0.3, 0.4) is 0 Å². The van der Waals surface area contributed by atoms with Crippen molar-refractivity contribution in [3.8, 4) is 22.8 Å². The highest BCUT2D eigenvalue weighted by molar-refractivity contribution is 5.70. The second kappa shape index (κ2) is 4.61. The van der Waals surface area contributed by atoms with Crippen LogP contribution in [0.1, 0.15) is 0 Å². The minimum Gasteiger partial charge on any atom is -0.493 e. The first-order chi connectivity index (χ1) is 7.86. The molecule has 0 radical (unpaired) electrons. The molecule has 2 aromatic rings. The molecule has 1 aromatic carbocycles. The van der Waals surface area contributed by atoms with E-state index in [4.69, 9.17) is 9.47 Å². The topological polar surface area (TPSA) is 44.2 Å². The molecule has 0 amide bonds. The highest BCUT2D eigenvalue weighted by Gasteiger charge is 2.11. The third kappa shape index (κ3) is 1.82. The van der Waals surface area contributed by atoms with Crippen LogP contribution in [-0.2, 0) is 0 Å².